The second-order valence-electron chi connectivity index (χ2n) is 6.41. The Morgan fingerprint density at radius 3 is 2.41 bits per heavy atom. The molecule has 0 spiro atoms. The molecular weight excluding hydrogens is 282 g/mol. The number of hydrogen-bond acceptors (Lipinski definition) is 3. The molecule has 1 atom stereocenters. The number of quaternary nitrogens is 1. The number of carboxylic acid groups (broad SMARTS) is 1. The van der Waals surface area contributed by atoms with E-state index >= 15 is 0 Å². The Kier molecular flexibility index (Phi) is 10.2. The van der Waals surface area contributed by atoms with Crippen molar-refractivity contribution >= 4 is 11.9 Å². The lowest BCUT2D eigenvalue weighted by atomic mass is 10.2. The van der Waals surface area contributed by atoms with E-state index in [1.165, 1.54) is 18.9 Å². The molecule has 22 heavy (non-hydrogen) atoms. The van der Waals surface area contributed by atoms with Gasteiger partial charge in [0.2, 0.25) is 0 Å². The van der Waals surface area contributed by atoms with E-state index in [4.69, 9.17) is 9.84 Å². The van der Waals surface area contributed by atoms with Crippen LogP contribution in [0.1, 0.15) is 39.0 Å². The van der Waals surface area contributed by atoms with Gasteiger partial charge in [-0.2, -0.15) is 0 Å². The standard InChI is InChI=1S/C17H29NO4/c1-5-6-7-8-9-10-11-12-17(21)22-15(13-16(19)20)14-18(2,3)4/h9-12,15H,5-8,13-14H2,1-4H3/p+1/b10-9-,12-11+/t15-/m0/s1. The number of likely N-dealkylation sites (N-methyl/N-ethyl adjacent to an activating group) is 1. The molecule has 126 valence electrons. The first-order chi connectivity index (χ1) is 10.2. The van der Waals surface area contributed by atoms with Crippen molar-refractivity contribution in [2.45, 2.75) is 45.1 Å². The fourth-order valence-corrected chi connectivity index (χ4v) is 1.97. The van der Waals surface area contributed by atoms with Crippen molar-refractivity contribution < 1.29 is 23.9 Å². The van der Waals surface area contributed by atoms with Crippen molar-refractivity contribution in [3.05, 3.63) is 24.3 Å². The molecule has 0 aromatic rings. The van der Waals surface area contributed by atoms with Crippen molar-refractivity contribution in [2.24, 2.45) is 0 Å². The zero-order chi connectivity index (χ0) is 17.0. The van der Waals surface area contributed by atoms with Gasteiger partial charge in [0.1, 0.15) is 6.54 Å². The van der Waals surface area contributed by atoms with Gasteiger partial charge in [0.05, 0.1) is 27.6 Å². The van der Waals surface area contributed by atoms with E-state index in [9.17, 15) is 9.59 Å². The highest BCUT2D eigenvalue weighted by Gasteiger charge is 2.23. The molecule has 0 rings (SSSR count). The number of nitrogens with zero attached hydrogens (tertiary/aromatic N) is 1. The molecular formula is C17H30NO4+. The highest BCUT2D eigenvalue weighted by molar-refractivity contribution is 5.82. The quantitative estimate of drug-likeness (QED) is 0.209. The molecule has 0 aliphatic carbocycles. The van der Waals surface area contributed by atoms with Crippen LogP contribution in [0, 0.1) is 0 Å². The molecule has 0 radical (unpaired) electrons. The van der Waals surface area contributed by atoms with Crippen LogP contribution in [0.4, 0.5) is 0 Å². The second kappa shape index (κ2) is 11.0. The summed E-state index contributed by atoms with van der Waals surface area (Å²) in [6.45, 7) is 2.61. The Labute approximate surface area is 133 Å². The van der Waals surface area contributed by atoms with Crippen LogP contribution in [0.15, 0.2) is 24.3 Å². The predicted molar refractivity (Wildman–Crippen MR) is 87.5 cm³/mol. The predicted octanol–water partition coefficient (Wildman–Crippen LogP) is 2.77. The summed E-state index contributed by atoms with van der Waals surface area (Å²) in [6, 6.07) is 0. The number of carbonyl (C=O) groups is 2. The number of rotatable bonds is 11. The number of ether oxygens (including phenoxy) is 1. The zero-order valence-electron chi connectivity index (χ0n) is 14.2. The van der Waals surface area contributed by atoms with Gasteiger partial charge in [0.15, 0.2) is 6.10 Å². The summed E-state index contributed by atoms with van der Waals surface area (Å²) in [5.74, 6) is -1.47. The number of hydrogen-bond donors (Lipinski definition) is 1. The fourth-order valence-electron chi connectivity index (χ4n) is 1.97. The van der Waals surface area contributed by atoms with Crippen LogP contribution in [-0.4, -0.2) is 55.3 Å². The number of aliphatic carboxylic acids is 1. The van der Waals surface area contributed by atoms with Gasteiger partial charge in [0.25, 0.3) is 0 Å². The molecule has 0 aromatic carbocycles. The third-order valence-corrected chi connectivity index (χ3v) is 2.89. The van der Waals surface area contributed by atoms with Crippen molar-refractivity contribution in [3.63, 3.8) is 0 Å². The zero-order valence-corrected chi connectivity index (χ0v) is 14.2. The first kappa shape index (κ1) is 20.4. The molecule has 5 nitrogen and oxygen atoms in total. The van der Waals surface area contributed by atoms with Crippen molar-refractivity contribution in [3.8, 4) is 0 Å². The van der Waals surface area contributed by atoms with Crippen molar-refractivity contribution in [1.29, 1.82) is 0 Å². The Hall–Kier alpha value is -1.62. The Balaban J connectivity index is 4.29. The average molecular weight is 312 g/mol. The van der Waals surface area contributed by atoms with Crippen molar-refractivity contribution in [2.75, 3.05) is 27.7 Å². The van der Waals surface area contributed by atoms with E-state index in [1.54, 1.807) is 6.08 Å². The Morgan fingerprint density at radius 1 is 1.18 bits per heavy atom. The lowest BCUT2D eigenvalue weighted by Gasteiger charge is -2.28. The van der Waals surface area contributed by atoms with Gasteiger partial charge in [-0.25, -0.2) is 4.79 Å². The van der Waals surface area contributed by atoms with Gasteiger partial charge >= 0.3 is 11.9 Å². The SMILES string of the molecule is CCCCC/C=C\C=C\C(=O)O[C@@H](CC(=O)O)C[N+](C)(C)C. The largest absolute Gasteiger partial charge is 0.481 e. The smallest absolute Gasteiger partial charge is 0.331 e. The monoisotopic (exact) mass is 312 g/mol. The van der Waals surface area contributed by atoms with Gasteiger partial charge in [-0.1, -0.05) is 38.0 Å². The van der Waals surface area contributed by atoms with Crippen LogP contribution in [0.3, 0.4) is 0 Å². The molecule has 0 heterocycles. The maximum Gasteiger partial charge on any atom is 0.331 e. The molecule has 0 aliphatic heterocycles. The van der Waals surface area contributed by atoms with Crippen LogP contribution in [0.5, 0.6) is 0 Å². The van der Waals surface area contributed by atoms with Crippen LogP contribution in [0.25, 0.3) is 0 Å². The summed E-state index contributed by atoms with van der Waals surface area (Å²) >= 11 is 0. The maximum atomic E-state index is 11.7. The topological polar surface area (TPSA) is 63.6 Å². The van der Waals surface area contributed by atoms with Gasteiger partial charge < -0.3 is 14.3 Å². The van der Waals surface area contributed by atoms with E-state index in [0.717, 1.165) is 12.8 Å². The average Bonchev–Trinajstić information content (AvgIpc) is 2.34. The lowest BCUT2D eigenvalue weighted by molar-refractivity contribution is -0.873. The molecule has 0 unspecified atom stereocenters. The minimum atomic E-state index is -0.967. The molecule has 5 heteroatoms. The highest BCUT2D eigenvalue weighted by Crippen LogP contribution is 2.06. The Bertz CT molecular complexity index is 394. The van der Waals surface area contributed by atoms with Gasteiger partial charge in [0, 0.05) is 6.08 Å². The number of unbranched alkanes of at least 4 members (excludes halogenated alkanes) is 3. The van der Waals surface area contributed by atoms with Crippen LogP contribution in [0.2, 0.25) is 0 Å². The summed E-state index contributed by atoms with van der Waals surface area (Å²) in [7, 11) is 5.78. The van der Waals surface area contributed by atoms with E-state index in [1.807, 2.05) is 33.3 Å². The molecule has 0 bridgehead atoms. The molecule has 0 amide bonds. The van der Waals surface area contributed by atoms with E-state index in [2.05, 4.69) is 6.92 Å². The first-order valence-corrected chi connectivity index (χ1v) is 7.80. The number of esters is 1. The molecule has 0 aliphatic rings. The summed E-state index contributed by atoms with van der Waals surface area (Å²) in [5.41, 5.74) is 0. The van der Waals surface area contributed by atoms with Gasteiger partial charge in [-0.05, 0) is 12.8 Å². The third-order valence-electron chi connectivity index (χ3n) is 2.89. The third kappa shape index (κ3) is 13.4. The maximum absolute atomic E-state index is 11.7. The van der Waals surface area contributed by atoms with Crippen LogP contribution in [-0.2, 0) is 14.3 Å². The highest BCUT2D eigenvalue weighted by atomic mass is 16.5. The summed E-state index contributed by atoms with van der Waals surface area (Å²) < 4.78 is 5.76. The lowest BCUT2D eigenvalue weighted by Crippen LogP contribution is -2.43. The molecule has 0 saturated heterocycles. The molecule has 0 aromatic heterocycles. The molecule has 0 fully saturated rings. The molecule has 1 N–H and O–H groups in total. The van der Waals surface area contributed by atoms with Gasteiger partial charge in [-0.3, -0.25) is 4.79 Å². The Morgan fingerprint density at radius 2 is 1.86 bits per heavy atom. The summed E-state index contributed by atoms with van der Waals surface area (Å²) in [4.78, 5) is 22.5. The normalized spacial score (nSPS) is 13.6. The van der Waals surface area contributed by atoms with Crippen molar-refractivity contribution in [1.82, 2.24) is 0 Å². The van der Waals surface area contributed by atoms with Gasteiger partial charge in [-0.15, -0.1) is 0 Å². The minimum Gasteiger partial charge on any atom is -0.481 e. The minimum absolute atomic E-state index is 0.179. The van der Waals surface area contributed by atoms with E-state index < -0.39 is 18.0 Å². The van der Waals surface area contributed by atoms with E-state index in [0.29, 0.717) is 11.0 Å². The number of carbonyl (C=O) groups excluding carboxylic acids is 1. The number of allylic oxidation sites excluding steroid dienone is 3. The summed E-state index contributed by atoms with van der Waals surface area (Å²) in [5, 5.41) is 8.88. The fraction of sp³-hybridized carbons (Fsp3) is 0.647. The number of carboxylic acids is 1. The van der Waals surface area contributed by atoms with Crippen LogP contribution >= 0.6 is 0 Å². The van der Waals surface area contributed by atoms with Crippen LogP contribution < -0.4 is 0 Å². The van der Waals surface area contributed by atoms with E-state index in [-0.39, 0.29) is 6.42 Å². The second-order valence-corrected chi connectivity index (χ2v) is 6.41. The summed E-state index contributed by atoms with van der Waals surface area (Å²) in [6.07, 6.45) is 10.5. The first-order valence-electron chi connectivity index (χ1n) is 7.80. The molecule has 0 saturated carbocycles.